The first-order valence-electron chi connectivity index (χ1n) is 8.03. The topological polar surface area (TPSA) is 3.24 Å². The van der Waals surface area contributed by atoms with Crippen molar-refractivity contribution in [3.8, 4) is 0 Å². The molecule has 0 spiro atoms. The molecule has 0 aromatic rings. The number of hydrogen-bond donors (Lipinski definition) is 0. The lowest BCUT2D eigenvalue weighted by atomic mass is 9.66. The molecule has 3 heteroatoms. The summed E-state index contributed by atoms with van der Waals surface area (Å²) in [6.45, 7) is 14.1. The third-order valence-electron chi connectivity index (χ3n) is 5.74. The van der Waals surface area contributed by atoms with Crippen molar-refractivity contribution in [1.82, 2.24) is 2.95 Å². The van der Waals surface area contributed by atoms with Crippen LogP contribution in [0.5, 0.6) is 0 Å². The second-order valence-electron chi connectivity index (χ2n) is 5.91. The Morgan fingerprint density at radius 3 is 1.42 bits per heavy atom. The normalized spacial score (nSPS) is 15.0. The first-order chi connectivity index (χ1) is 8.91. The first kappa shape index (κ1) is 19.9. The zero-order valence-corrected chi connectivity index (χ0v) is 16.9. The number of nitrogens with zero attached hydrogens (tertiary/aromatic N) is 1. The Balaban J connectivity index is 5.28. The molecule has 19 heavy (non-hydrogen) atoms. The molecule has 0 N–H and O–H groups in total. The molecule has 0 saturated heterocycles. The van der Waals surface area contributed by atoms with Crippen LogP contribution in [0.1, 0.15) is 86.5 Å². The molecule has 0 aliphatic rings. The van der Waals surface area contributed by atoms with Gasteiger partial charge in [0.1, 0.15) is 0 Å². The van der Waals surface area contributed by atoms with E-state index < -0.39 is 0 Å². The summed E-state index contributed by atoms with van der Waals surface area (Å²) < 4.78 is 2.13. The monoisotopic (exact) mass is 397 g/mol. The molecule has 116 valence electrons. The van der Waals surface area contributed by atoms with Crippen LogP contribution in [0, 0.1) is 11.3 Å². The summed E-state index contributed by atoms with van der Waals surface area (Å²) in [5.41, 5.74) is 0.742. The third kappa shape index (κ3) is 4.44. The molecule has 0 aliphatic heterocycles. The second-order valence-corrected chi connectivity index (χ2v) is 8.28. The molecule has 0 rings (SSSR count). The highest BCUT2D eigenvalue weighted by atomic mass is 79.9. The van der Waals surface area contributed by atoms with Gasteiger partial charge in [-0.3, -0.25) is 0 Å². The molecular weight excluding hydrogens is 366 g/mol. The largest absolute Gasteiger partial charge is 0.171 e. The highest BCUT2D eigenvalue weighted by molar-refractivity contribution is 9.21. The smallest absolute Gasteiger partial charge is 0.0454 e. The highest BCUT2D eigenvalue weighted by Crippen LogP contribution is 2.47. The van der Waals surface area contributed by atoms with Crippen molar-refractivity contribution in [1.29, 1.82) is 0 Å². The summed E-state index contributed by atoms with van der Waals surface area (Å²) in [6, 6.07) is 0. The molecule has 0 radical (unpaired) electrons. The zero-order chi connectivity index (χ0) is 15.1. The Morgan fingerprint density at radius 1 is 0.789 bits per heavy atom. The number of halogens is 2. The lowest BCUT2D eigenvalue weighted by molar-refractivity contribution is 0.0931. The first-order valence-corrected chi connectivity index (χ1v) is 9.45. The van der Waals surface area contributed by atoms with E-state index in [1.165, 1.54) is 44.9 Å². The summed E-state index contributed by atoms with van der Waals surface area (Å²) >= 11 is 7.37. The average Bonchev–Trinajstić information content (AvgIpc) is 2.44. The van der Waals surface area contributed by atoms with Crippen LogP contribution in [0.15, 0.2) is 0 Å². The molecule has 0 bridgehead atoms. The SMILES string of the molecule is CCC(CC(CC)(CC)CC)C(CC)(CC)N(Br)Br. The van der Waals surface area contributed by atoms with Crippen LogP contribution in [-0.2, 0) is 0 Å². The highest BCUT2D eigenvalue weighted by Gasteiger charge is 2.42. The van der Waals surface area contributed by atoms with Gasteiger partial charge < -0.3 is 0 Å². The standard InChI is InChI=1S/C16H33Br2N/c1-7-14(13-15(8-2,9-3)10-4)16(11-5,12-6)19(17)18/h14H,7-13H2,1-6H3. The van der Waals surface area contributed by atoms with Gasteiger partial charge in [-0.1, -0.05) is 67.2 Å². The lowest BCUT2D eigenvalue weighted by Gasteiger charge is -2.46. The minimum atomic E-state index is 0.222. The molecule has 0 amide bonds. The van der Waals surface area contributed by atoms with Crippen LogP contribution in [-0.4, -0.2) is 8.49 Å². The predicted molar refractivity (Wildman–Crippen MR) is 94.7 cm³/mol. The fourth-order valence-electron chi connectivity index (χ4n) is 3.62. The minimum absolute atomic E-state index is 0.222. The molecule has 1 atom stereocenters. The maximum absolute atomic E-state index is 3.68. The molecule has 0 saturated carbocycles. The van der Waals surface area contributed by atoms with Gasteiger partial charge in [0.25, 0.3) is 0 Å². The van der Waals surface area contributed by atoms with E-state index >= 15 is 0 Å². The van der Waals surface area contributed by atoms with Crippen LogP contribution in [0.2, 0.25) is 0 Å². The summed E-state index contributed by atoms with van der Waals surface area (Å²) in [7, 11) is 0. The third-order valence-corrected chi connectivity index (χ3v) is 7.16. The van der Waals surface area contributed by atoms with Crippen molar-refractivity contribution in [3.05, 3.63) is 0 Å². The van der Waals surface area contributed by atoms with E-state index in [4.69, 9.17) is 0 Å². The maximum Gasteiger partial charge on any atom is 0.0454 e. The molecular formula is C16H33Br2N. The van der Waals surface area contributed by atoms with Crippen LogP contribution < -0.4 is 0 Å². The quantitative estimate of drug-likeness (QED) is 0.354. The van der Waals surface area contributed by atoms with E-state index in [0.717, 1.165) is 5.92 Å². The van der Waals surface area contributed by atoms with Gasteiger partial charge in [0, 0.05) is 37.8 Å². The summed E-state index contributed by atoms with van der Waals surface area (Å²) in [5.74, 6) is 0.723. The molecule has 0 heterocycles. The van der Waals surface area contributed by atoms with Crippen molar-refractivity contribution in [2.75, 3.05) is 0 Å². The van der Waals surface area contributed by atoms with E-state index in [9.17, 15) is 0 Å². The average molecular weight is 399 g/mol. The lowest BCUT2D eigenvalue weighted by Crippen LogP contribution is -2.46. The van der Waals surface area contributed by atoms with Crippen LogP contribution >= 0.6 is 32.3 Å². The summed E-state index contributed by atoms with van der Waals surface area (Å²) in [6.07, 6.45) is 8.82. The molecule has 1 unspecified atom stereocenters. The summed E-state index contributed by atoms with van der Waals surface area (Å²) in [4.78, 5) is 0. The van der Waals surface area contributed by atoms with E-state index in [-0.39, 0.29) is 5.54 Å². The minimum Gasteiger partial charge on any atom is -0.171 e. The van der Waals surface area contributed by atoms with Crippen molar-refractivity contribution in [2.45, 2.75) is 92.0 Å². The number of hydrogen-bond acceptors (Lipinski definition) is 1. The van der Waals surface area contributed by atoms with Crippen molar-refractivity contribution < 1.29 is 0 Å². The van der Waals surface area contributed by atoms with Crippen molar-refractivity contribution in [2.24, 2.45) is 11.3 Å². The molecule has 0 aliphatic carbocycles. The van der Waals surface area contributed by atoms with Crippen LogP contribution in [0.3, 0.4) is 0 Å². The maximum atomic E-state index is 3.68. The van der Waals surface area contributed by atoms with Crippen LogP contribution in [0.4, 0.5) is 0 Å². The molecule has 0 aromatic carbocycles. The molecule has 0 aromatic heterocycles. The van der Waals surface area contributed by atoms with Gasteiger partial charge >= 0.3 is 0 Å². The van der Waals surface area contributed by atoms with Gasteiger partial charge in [0.15, 0.2) is 0 Å². The van der Waals surface area contributed by atoms with E-state index in [2.05, 4.69) is 76.8 Å². The van der Waals surface area contributed by atoms with E-state index in [0.29, 0.717) is 5.41 Å². The Kier molecular flexibility index (Phi) is 9.48. The van der Waals surface area contributed by atoms with E-state index in [1.54, 1.807) is 0 Å². The Hall–Kier alpha value is 0.920. The second kappa shape index (κ2) is 9.04. The molecule has 0 fully saturated rings. The van der Waals surface area contributed by atoms with Gasteiger partial charge in [-0.05, 0) is 30.6 Å². The van der Waals surface area contributed by atoms with E-state index in [1.807, 2.05) is 0 Å². The number of rotatable bonds is 10. The Bertz CT molecular complexity index is 225. The predicted octanol–water partition coefficient (Wildman–Crippen LogP) is 7.10. The van der Waals surface area contributed by atoms with Gasteiger partial charge in [-0.15, -0.1) is 0 Å². The summed E-state index contributed by atoms with van der Waals surface area (Å²) in [5, 5.41) is 0. The van der Waals surface area contributed by atoms with Gasteiger partial charge in [0.2, 0.25) is 0 Å². The molecule has 1 nitrogen and oxygen atoms in total. The van der Waals surface area contributed by atoms with Gasteiger partial charge in [-0.25, -0.2) is 0 Å². The van der Waals surface area contributed by atoms with Crippen LogP contribution in [0.25, 0.3) is 0 Å². The Morgan fingerprint density at radius 2 is 1.21 bits per heavy atom. The van der Waals surface area contributed by atoms with Crippen molar-refractivity contribution in [3.63, 3.8) is 0 Å². The van der Waals surface area contributed by atoms with Gasteiger partial charge in [-0.2, -0.15) is 2.95 Å². The van der Waals surface area contributed by atoms with Gasteiger partial charge in [0.05, 0.1) is 0 Å². The Labute approximate surface area is 138 Å². The van der Waals surface area contributed by atoms with Crippen molar-refractivity contribution >= 4 is 32.3 Å². The fraction of sp³-hybridized carbons (Fsp3) is 1.00. The zero-order valence-electron chi connectivity index (χ0n) is 13.7. The fourth-order valence-corrected chi connectivity index (χ4v) is 5.21.